The Balaban J connectivity index is 2.27. The molecular weight excluding hydrogens is 384 g/mol. The summed E-state index contributed by atoms with van der Waals surface area (Å²) in [4.78, 5) is 12.8. The van der Waals surface area contributed by atoms with Crippen LogP contribution in [0.5, 0.6) is 0 Å². The summed E-state index contributed by atoms with van der Waals surface area (Å²) in [6.45, 7) is 7.71. The maximum atomic E-state index is 13.4. The summed E-state index contributed by atoms with van der Waals surface area (Å²) in [5.74, 6) is -0.270. The van der Waals surface area contributed by atoms with E-state index in [9.17, 15) is 13.2 Å². The molecule has 1 atom stereocenters. The van der Waals surface area contributed by atoms with Gasteiger partial charge in [0.2, 0.25) is 15.9 Å². The Morgan fingerprint density at radius 3 is 2.45 bits per heavy atom. The Bertz CT molecular complexity index is 911. The first-order valence-electron chi connectivity index (χ1n) is 10.1. The lowest BCUT2D eigenvalue weighted by Crippen LogP contribution is -2.44. The first kappa shape index (κ1) is 23.1. The summed E-state index contributed by atoms with van der Waals surface area (Å²) in [5, 5.41) is 2.91. The van der Waals surface area contributed by atoms with Crippen LogP contribution in [-0.2, 0) is 21.2 Å². The predicted molar refractivity (Wildman–Crippen MR) is 117 cm³/mol. The van der Waals surface area contributed by atoms with Crippen LogP contribution in [0.15, 0.2) is 53.4 Å². The van der Waals surface area contributed by atoms with E-state index in [1.165, 1.54) is 4.31 Å². The maximum absolute atomic E-state index is 13.4. The molecule has 0 saturated carbocycles. The van der Waals surface area contributed by atoms with E-state index in [2.05, 4.69) is 12.2 Å². The number of benzene rings is 2. The van der Waals surface area contributed by atoms with E-state index in [4.69, 9.17) is 0 Å². The van der Waals surface area contributed by atoms with Gasteiger partial charge in [-0.05, 0) is 56.4 Å². The number of amides is 1. The summed E-state index contributed by atoms with van der Waals surface area (Å²) in [5.41, 5.74) is 2.59. The van der Waals surface area contributed by atoms with Crippen LogP contribution in [0.25, 0.3) is 0 Å². The molecule has 29 heavy (non-hydrogen) atoms. The number of rotatable bonds is 10. The first-order valence-corrected chi connectivity index (χ1v) is 11.6. The fourth-order valence-electron chi connectivity index (χ4n) is 3.29. The number of nitrogens with zero attached hydrogens (tertiary/aromatic N) is 1. The molecule has 0 radical (unpaired) electrons. The van der Waals surface area contributed by atoms with Crippen molar-refractivity contribution >= 4 is 15.9 Å². The lowest BCUT2D eigenvalue weighted by molar-refractivity contribution is -0.121. The molecule has 158 valence electrons. The van der Waals surface area contributed by atoms with Crippen LogP contribution in [0.2, 0.25) is 0 Å². The molecule has 6 heteroatoms. The lowest BCUT2D eigenvalue weighted by Gasteiger charge is -2.24. The molecule has 0 aliphatic carbocycles. The van der Waals surface area contributed by atoms with Crippen molar-refractivity contribution in [3.8, 4) is 0 Å². The molecular formula is C23H32N2O3S. The van der Waals surface area contributed by atoms with Crippen LogP contribution in [0, 0.1) is 13.8 Å². The molecule has 2 aromatic carbocycles. The summed E-state index contributed by atoms with van der Waals surface area (Å²) >= 11 is 0. The molecule has 0 heterocycles. The zero-order valence-corrected chi connectivity index (χ0v) is 18.6. The van der Waals surface area contributed by atoms with Gasteiger partial charge in [-0.2, -0.15) is 4.31 Å². The molecule has 1 unspecified atom stereocenters. The predicted octanol–water partition coefficient (Wildman–Crippen LogP) is 3.84. The summed E-state index contributed by atoms with van der Waals surface area (Å²) in [6, 6.07) is 15.1. The quantitative estimate of drug-likeness (QED) is 0.640. The van der Waals surface area contributed by atoms with E-state index in [0.717, 1.165) is 24.0 Å². The molecule has 0 spiro atoms. The minimum absolute atomic E-state index is 0.0203. The van der Waals surface area contributed by atoms with Crippen molar-refractivity contribution in [1.29, 1.82) is 0 Å². The molecule has 2 rings (SSSR count). The third-order valence-corrected chi connectivity index (χ3v) is 6.89. The fourth-order valence-corrected chi connectivity index (χ4v) is 5.00. The second-order valence-corrected chi connectivity index (χ2v) is 9.51. The zero-order chi connectivity index (χ0) is 21.4. The minimum Gasteiger partial charge on any atom is -0.353 e. The molecule has 0 aliphatic heterocycles. The lowest BCUT2D eigenvalue weighted by atomic mass is 10.1. The average Bonchev–Trinajstić information content (AvgIpc) is 2.67. The average molecular weight is 417 g/mol. The summed E-state index contributed by atoms with van der Waals surface area (Å²) in [7, 11) is -3.80. The van der Waals surface area contributed by atoms with Crippen LogP contribution in [-0.4, -0.2) is 37.8 Å². The van der Waals surface area contributed by atoms with Gasteiger partial charge in [0.15, 0.2) is 0 Å². The Hall–Kier alpha value is -2.18. The monoisotopic (exact) mass is 416 g/mol. The van der Waals surface area contributed by atoms with E-state index < -0.39 is 10.0 Å². The van der Waals surface area contributed by atoms with Crippen molar-refractivity contribution in [1.82, 2.24) is 9.62 Å². The Morgan fingerprint density at radius 2 is 1.79 bits per heavy atom. The first-order chi connectivity index (χ1) is 13.7. The third kappa shape index (κ3) is 6.68. The second-order valence-electron chi connectivity index (χ2n) is 7.60. The Morgan fingerprint density at radius 1 is 1.10 bits per heavy atom. The number of carbonyl (C=O) groups is 1. The van der Waals surface area contributed by atoms with Gasteiger partial charge in [-0.1, -0.05) is 55.8 Å². The van der Waals surface area contributed by atoms with Gasteiger partial charge in [0.1, 0.15) is 0 Å². The SMILES string of the molecule is CCCC(C)NC(=O)CN(CCc1ccccc1)S(=O)(=O)c1cc(C)ccc1C. The highest BCUT2D eigenvalue weighted by atomic mass is 32.2. The molecule has 2 aromatic rings. The van der Waals surface area contributed by atoms with Gasteiger partial charge in [0.05, 0.1) is 11.4 Å². The van der Waals surface area contributed by atoms with Crippen molar-refractivity contribution in [2.24, 2.45) is 0 Å². The van der Waals surface area contributed by atoms with E-state index in [0.29, 0.717) is 12.0 Å². The van der Waals surface area contributed by atoms with Crippen LogP contribution in [0.1, 0.15) is 43.4 Å². The van der Waals surface area contributed by atoms with E-state index in [1.54, 1.807) is 19.1 Å². The van der Waals surface area contributed by atoms with Gasteiger partial charge in [-0.3, -0.25) is 4.79 Å². The second kappa shape index (κ2) is 10.6. The Kier molecular flexibility index (Phi) is 8.41. The standard InChI is InChI=1S/C23H32N2O3S/c1-5-9-20(4)24-23(26)17-25(15-14-21-10-7-6-8-11-21)29(27,28)22-16-18(2)12-13-19(22)3/h6-8,10-13,16,20H,5,9,14-15,17H2,1-4H3,(H,24,26). The van der Waals surface area contributed by atoms with Gasteiger partial charge in [0, 0.05) is 12.6 Å². The molecule has 0 fully saturated rings. The van der Waals surface area contributed by atoms with E-state index in [1.807, 2.05) is 50.2 Å². The molecule has 0 aromatic heterocycles. The molecule has 1 amide bonds. The van der Waals surface area contributed by atoms with Gasteiger partial charge in [-0.15, -0.1) is 0 Å². The Labute approximate surface area is 175 Å². The minimum atomic E-state index is -3.80. The molecule has 5 nitrogen and oxygen atoms in total. The summed E-state index contributed by atoms with van der Waals surface area (Å²) < 4.78 is 28.1. The van der Waals surface area contributed by atoms with Gasteiger partial charge in [-0.25, -0.2) is 8.42 Å². The molecule has 0 bridgehead atoms. The van der Waals surface area contributed by atoms with Gasteiger partial charge < -0.3 is 5.32 Å². The molecule has 0 saturated heterocycles. The van der Waals surface area contributed by atoms with Crippen molar-refractivity contribution in [2.45, 2.75) is 57.9 Å². The maximum Gasteiger partial charge on any atom is 0.243 e. The normalized spacial score (nSPS) is 12.7. The topological polar surface area (TPSA) is 66.5 Å². The number of aryl methyl sites for hydroxylation is 2. The highest BCUT2D eigenvalue weighted by Gasteiger charge is 2.28. The number of carbonyl (C=O) groups excluding carboxylic acids is 1. The van der Waals surface area contributed by atoms with Gasteiger partial charge in [0.25, 0.3) is 0 Å². The zero-order valence-electron chi connectivity index (χ0n) is 17.8. The van der Waals surface area contributed by atoms with Crippen molar-refractivity contribution in [2.75, 3.05) is 13.1 Å². The van der Waals surface area contributed by atoms with Crippen LogP contribution in [0.4, 0.5) is 0 Å². The summed E-state index contributed by atoms with van der Waals surface area (Å²) in [6.07, 6.45) is 2.36. The number of nitrogens with one attached hydrogen (secondary N) is 1. The van der Waals surface area contributed by atoms with Crippen LogP contribution < -0.4 is 5.32 Å². The largest absolute Gasteiger partial charge is 0.353 e. The van der Waals surface area contributed by atoms with Gasteiger partial charge >= 0.3 is 0 Å². The van der Waals surface area contributed by atoms with Crippen molar-refractivity contribution < 1.29 is 13.2 Å². The number of hydrogen-bond donors (Lipinski definition) is 1. The number of hydrogen-bond acceptors (Lipinski definition) is 3. The van der Waals surface area contributed by atoms with E-state index >= 15 is 0 Å². The molecule has 0 aliphatic rings. The van der Waals surface area contributed by atoms with E-state index in [-0.39, 0.29) is 29.9 Å². The van der Waals surface area contributed by atoms with Crippen LogP contribution >= 0.6 is 0 Å². The smallest absolute Gasteiger partial charge is 0.243 e. The third-order valence-electron chi connectivity index (χ3n) is 4.90. The highest BCUT2D eigenvalue weighted by molar-refractivity contribution is 7.89. The van der Waals surface area contributed by atoms with Crippen molar-refractivity contribution in [3.63, 3.8) is 0 Å². The fraction of sp³-hybridized carbons (Fsp3) is 0.435. The highest BCUT2D eigenvalue weighted by Crippen LogP contribution is 2.21. The van der Waals surface area contributed by atoms with Crippen LogP contribution in [0.3, 0.4) is 0 Å². The molecule has 1 N–H and O–H groups in total. The number of sulfonamides is 1. The van der Waals surface area contributed by atoms with Crippen molar-refractivity contribution in [3.05, 3.63) is 65.2 Å².